The molecule has 0 aliphatic heterocycles. The van der Waals surface area contributed by atoms with Crippen molar-refractivity contribution in [2.45, 2.75) is 6.92 Å². The highest BCUT2D eigenvalue weighted by Crippen LogP contribution is 2.30. The normalized spacial score (nSPS) is 10.5. The van der Waals surface area contributed by atoms with Gasteiger partial charge in [-0.1, -0.05) is 23.2 Å². The molecule has 1 amide bonds. The summed E-state index contributed by atoms with van der Waals surface area (Å²) in [5.41, 5.74) is 7.18. The predicted molar refractivity (Wildman–Crippen MR) is 87.7 cm³/mol. The van der Waals surface area contributed by atoms with Crippen LogP contribution in [0.1, 0.15) is 15.9 Å². The Balaban J connectivity index is 2.32. The van der Waals surface area contributed by atoms with E-state index in [1.54, 1.807) is 6.92 Å². The van der Waals surface area contributed by atoms with Crippen LogP contribution in [0.3, 0.4) is 0 Å². The highest BCUT2D eigenvalue weighted by atomic mass is 79.9. The molecular formula is C14H10BrCl2FN2O. The van der Waals surface area contributed by atoms with Crippen molar-refractivity contribution >= 4 is 56.4 Å². The fourth-order valence-corrected chi connectivity index (χ4v) is 2.52. The molecule has 0 bridgehead atoms. The summed E-state index contributed by atoms with van der Waals surface area (Å²) in [4.78, 5) is 12.2. The molecule has 0 aliphatic rings. The van der Waals surface area contributed by atoms with Gasteiger partial charge in [-0.3, -0.25) is 4.79 Å². The molecule has 0 radical (unpaired) electrons. The minimum absolute atomic E-state index is 0.199. The summed E-state index contributed by atoms with van der Waals surface area (Å²) >= 11 is 14.9. The van der Waals surface area contributed by atoms with E-state index < -0.39 is 11.7 Å². The molecule has 3 nitrogen and oxygen atoms in total. The molecule has 0 aromatic heterocycles. The van der Waals surface area contributed by atoms with Crippen LogP contribution in [0.4, 0.5) is 15.8 Å². The molecule has 110 valence electrons. The van der Waals surface area contributed by atoms with E-state index in [1.165, 1.54) is 24.3 Å². The minimum atomic E-state index is -0.416. The third-order valence-electron chi connectivity index (χ3n) is 2.86. The quantitative estimate of drug-likeness (QED) is 0.704. The molecule has 0 spiro atoms. The number of rotatable bonds is 2. The Kier molecular flexibility index (Phi) is 4.76. The zero-order valence-corrected chi connectivity index (χ0v) is 13.9. The standard InChI is InChI=1S/C14H10BrCl2FN2O/c1-6-2-11(18)8(15)5-12(6)20-14(21)7-3-9(16)13(19)10(17)4-7/h2-5H,19H2,1H3,(H,20,21). The molecule has 0 saturated carbocycles. The van der Waals surface area contributed by atoms with Gasteiger partial charge in [0.2, 0.25) is 0 Å². The van der Waals surface area contributed by atoms with E-state index >= 15 is 0 Å². The lowest BCUT2D eigenvalue weighted by Gasteiger charge is -2.11. The SMILES string of the molecule is Cc1cc(F)c(Br)cc1NC(=O)c1cc(Cl)c(N)c(Cl)c1. The van der Waals surface area contributed by atoms with Crippen molar-refractivity contribution in [1.82, 2.24) is 0 Å². The smallest absolute Gasteiger partial charge is 0.255 e. The number of carbonyl (C=O) groups is 1. The van der Waals surface area contributed by atoms with Gasteiger partial charge in [-0.05, 0) is 52.7 Å². The van der Waals surface area contributed by atoms with Gasteiger partial charge in [0.05, 0.1) is 20.2 Å². The predicted octanol–water partition coefficient (Wildman–Crippen LogP) is 5.04. The van der Waals surface area contributed by atoms with E-state index in [2.05, 4.69) is 21.2 Å². The van der Waals surface area contributed by atoms with Crippen LogP contribution in [0.25, 0.3) is 0 Å². The molecule has 0 fully saturated rings. The highest BCUT2D eigenvalue weighted by Gasteiger charge is 2.13. The average molecular weight is 392 g/mol. The average Bonchev–Trinajstić information content (AvgIpc) is 2.41. The summed E-state index contributed by atoms with van der Waals surface area (Å²) in [5, 5.41) is 3.07. The van der Waals surface area contributed by atoms with Crippen molar-refractivity contribution in [2.24, 2.45) is 0 Å². The van der Waals surface area contributed by atoms with Crippen LogP contribution in [-0.4, -0.2) is 5.91 Å². The number of nitrogens with two attached hydrogens (primary N) is 1. The molecule has 0 atom stereocenters. The number of carbonyl (C=O) groups excluding carboxylic acids is 1. The molecule has 2 rings (SSSR count). The fraction of sp³-hybridized carbons (Fsp3) is 0.0714. The lowest BCUT2D eigenvalue weighted by molar-refractivity contribution is 0.102. The highest BCUT2D eigenvalue weighted by molar-refractivity contribution is 9.10. The van der Waals surface area contributed by atoms with Crippen molar-refractivity contribution in [1.29, 1.82) is 0 Å². The second kappa shape index (κ2) is 6.22. The van der Waals surface area contributed by atoms with E-state index in [0.29, 0.717) is 11.3 Å². The van der Waals surface area contributed by atoms with Crippen LogP contribution in [-0.2, 0) is 0 Å². The van der Waals surface area contributed by atoms with E-state index in [9.17, 15) is 9.18 Å². The Morgan fingerprint density at radius 2 is 1.81 bits per heavy atom. The summed E-state index contributed by atoms with van der Waals surface area (Å²) in [6, 6.07) is 5.66. The third-order valence-corrected chi connectivity index (χ3v) is 4.09. The molecule has 0 heterocycles. The lowest BCUT2D eigenvalue weighted by Crippen LogP contribution is -2.13. The summed E-state index contributed by atoms with van der Waals surface area (Å²) in [6.07, 6.45) is 0. The summed E-state index contributed by atoms with van der Waals surface area (Å²) < 4.78 is 13.6. The summed E-state index contributed by atoms with van der Waals surface area (Å²) in [7, 11) is 0. The van der Waals surface area contributed by atoms with Gasteiger partial charge < -0.3 is 11.1 Å². The van der Waals surface area contributed by atoms with Crippen molar-refractivity contribution in [3.63, 3.8) is 0 Å². The Labute approximate surface area is 139 Å². The van der Waals surface area contributed by atoms with Gasteiger partial charge in [-0.2, -0.15) is 0 Å². The number of hydrogen-bond acceptors (Lipinski definition) is 2. The lowest BCUT2D eigenvalue weighted by atomic mass is 10.1. The van der Waals surface area contributed by atoms with Gasteiger partial charge in [0.1, 0.15) is 5.82 Å². The molecule has 7 heteroatoms. The Hall–Kier alpha value is -1.30. The first-order valence-corrected chi connectivity index (χ1v) is 7.36. The Morgan fingerprint density at radius 3 is 2.38 bits per heavy atom. The third kappa shape index (κ3) is 3.48. The molecule has 0 saturated heterocycles. The fourth-order valence-electron chi connectivity index (χ4n) is 1.69. The molecule has 21 heavy (non-hydrogen) atoms. The monoisotopic (exact) mass is 390 g/mol. The van der Waals surface area contributed by atoms with Gasteiger partial charge in [0.25, 0.3) is 5.91 Å². The van der Waals surface area contributed by atoms with Crippen LogP contribution in [0, 0.1) is 12.7 Å². The topological polar surface area (TPSA) is 55.1 Å². The van der Waals surface area contributed by atoms with Crippen molar-refractivity contribution < 1.29 is 9.18 Å². The van der Waals surface area contributed by atoms with Crippen molar-refractivity contribution in [3.05, 3.63) is 55.7 Å². The number of benzene rings is 2. The summed E-state index contributed by atoms with van der Waals surface area (Å²) in [6.45, 7) is 1.69. The van der Waals surface area contributed by atoms with Crippen molar-refractivity contribution in [3.8, 4) is 0 Å². The van der Waals surface area contributed by atoms with Gasteiger partial charge >= 0.3 is 0 Å². The molecular weight excluding hydrogens is 382 g/mol. The molecule has 2 aromatic rings. The van der Waals surface area contributed by atoms with Crippen molar-refractivity contribution in [2.75, 3.05) is 11.1 Å². The van der Waals surface area contributed by atoms with Gasteiger partial charge in [-0.15, -0.1) is 0 Å². The molecule has 2 aromatic carbocycles. The molecule has 0 unspecified atom stereocenters. The Morgan fingerprint density at radius 1 is 1.24 bits per heavy atom. The van der Waals surface area contributed by atoms with Gasteiger partial charge in [0.15, 0.2) is 0 Å². The van der Waals surface area contributed by atoms with Crippen LogP contribution < -0.4 is 11.1 Å². The zero-order chi connectivity index (χ0) is 15.7. The number of hydrogen-bond donors (Lipinski definition) is 2. The molecule has 3 N–H and O–H groups in total. The summed E-state index contributed by atoms with van der Waals surface area (Å²) in [5.74, 6) is -0.815. The number of aryl methyl sites for hydroxylation is 1. The van der Waals surface area contributed by atoms with Crippen LogP contribution in [0.5, 0.6) is 0 Å². The van der Waals surface area contributed by atoms with Gasteiger partial charge in [-0.25, -0.2) is 4.39 Å². The second-order valence-corrected chi connectivity index (χ2v) is 6.06. The van der Waals surface area contributed by atoms with E-state index in [1.807, 2.05) is 0 Å². The maximum Gasteiger partial charge on any atom is 0.255 e. The molecule has 0 aliphatic carbocycles. The Bertz CT molecular complexity index is 714. The van der Waals surface area contributed by atoms with E-state index in [0.717, 1.165) is 0 Å². The van der Waals surface area contributed by atoms with Crippen LogP contribution in [0.15, 0.2) is 28.7 Å². The number of nitrogens with one attached hydrogen (secondary N) is 1. The van der Waals surface area contributed by atoms with E-state index in [4.69, 9.17) is 28.9 Å². The maximum atomic E-state index is 13.4. The number of anilines is 2. The van der Waals surface area contributed by atoms with Crippen LogP contribution in [0.2, 0.25) is 10.0 Å². The number of halogens is 4. The maximum absolute atomic E-state index is 13.4. The second-order valence-electron chi connectivity index (χ2n) is 4.39. The first kappa shape index (κ1) is 16.1. The first-order chi connectivity index (χ1) is 9.79. The number of amides is 1. The zero-order valence-electron chi connectivity index (χ0n) is 10.8. The number of nitrogen functional groups attached to an aromatic ring is 1. The van der Waals surface area contributed by atoms with Crippen LogP contribution >= 0.6 is 39.1 Å². The largest absolute Gasteiger partial charge is 0.396 e. The minimum Gasteiger partial charge on any atom is -0.396 e. The van der Waals surface area contributed by atoms with Gasteiger partial charge in [0, 0.05) is 11.3 Å². The first-order valence-electron chi connectivity index (χ1n) is 5.81. The van der Waals surface area contributed by atoms with E-state index in [-0.39, 0.29) is 25.8 Å².